The molecule has 0 aliphatic heterocycles. The number of nitrogens with two attached hydrogens (primary N) is 1. The molecule has 0 unspecified atom stereocenters. The van der Waals surface area contributed by atoms with Crippen LogP contribution in [-0.2, 0) is 11.3 Å². The minimum atomic E-state index is -0.544. The van der Waals surface area contributed by atoms with E-state index in [0.717, 1.165) is 0 Å². The Morgan fingerprint density at radius 2 is 2.28 bits per heavy atom. The molecule has 2 aromatic heterocycles. The zero-order chi connectivity index (χ0) is 13.0. The molecular weight excluding hydrogens is 236 g/mol. The van der Waals surface area contributed by atoms with Crippen molar-refractivity contribution in [3.05, 3.63) is 42.0 Å². The van der Waals surface area contributed by atoms with E-state index in [1.165, 1.54) is 19.2 Å². The van der Waals surface area contributed by atoms with Gasteiger partial charge in [0.1, 0.15) is 12.4 Å². The van der Waals surface area contributed by atoms with Crippen molar-refractivity contribution in [2.75, 3.05) is 12.8 Å². The number of esters is 1. The van der Waals surface area contributed by atoms with Crippen LogP contribution in [0, 0.1) is 0 Å². The number of hydrogen-bond donors (Lipinski definition) is 1. The highest BCUT2D eigenvalue weighted by Crippen LogP contribution is 2.20. The fourth-order valence-corrected chi connectivity index (χ4v) is 1.32. The first kappa shape index (κ1) is 12.0. The van der Waals surface area contributed by atoms with Gasteiger partial charge in [0.25, 0.3) is 0 Å². The zero-order valence-electron chi connectivity index (χ0n) is 9.75. The van der Waals surface area contributed by atoms with E-state index in [1.54, 1.807) is 18.4 Å². The normalized spacial score (nSPS) is 10.1. The SMILES string of the molecule is COC(=O)c1ccc(N)c(OCc2ccco2)n1. The summed E-state index contributed by atoms with van der Waals surface area (Å²) in [6, 6.07) is 6.53. The Labute approximate surface area is 103 Å². The maximum Gasteiger partial charge on any atom is 0.356 e. The molecule has 0 fully saturated rings. The number of carbonyl (C=O) groups excluding carboxylic acids is 1. The lowest BCUT2D eigenvalue weighted by Gasteiger charge is -2.07. The molecule has 0 spiro atoms. The predicted molar refractivity (Wildman–Crippen MR) is 63.0 cm³/mol. The van der Waals surface area contributed by atoms with Gasteiger partial charge in [0, 0.05) is 0 Å². The van der Waals surface area contributed by atoms with Crippen LogP contribution in [0.25, 0.3) is 0 Å². The first-order valence-electron chi connectivity index (χ1n) is 5.20. The second-order valence-corrected chi connectivity index (χ2v) is 3.45. The van der Waals surface area contributed by atoms with Crippen LogP contribution in [0.4, 0.5) is 5.69 Å². The van der Waals surface area contributed by atoms with Crippen LogP contribution >= 0.6 is 0 Å². The summed E-state index contributed by atoms with van der Waals surface area (Å²) in [4.78, 5) is 15.3. The minimum absolute atomic E-state index is 0.140. The van der Waals surface area contributed by atoms with Crippen LogP contribution in [0.2, 0.25) is 0 Å². The Hall–Kier alpha value is -2.50. The molecule has 2 rings (SSSR count). The largest absolute Gasteiger partial charge is 0.468 e. The number of methoxy groups -OCH3 is 1. The van der Waals surface area contributed by atoms with Crippen LogP contribution in [-0.4, -0.2) is 18.1 Å². The van der Waals surface area contributed by atoms with E-state index in [4.69, 9.17) is 14.9 Å². The van der Waals surface area contributed by atoms with E-state index in [-0.39, 0.29) is 18.2 Å². The molecule has 18 heavy (non-hydrogen) atoms. The van der Waals surface area contributed by atoms with Gasteiger partial charge < -0.3 is 19.6 Å². The standard InChI is InChI=1S/C12H12N2O4/c1-16-12(15)10-5-4-9(13)11(14-10)18-7-8-3-2-6-17-8/h2-6H,7,13H2,1H3. The number of anilines is 1. The van der Waals surface area contributed by atoms with E-state index < -0.39 is 5.97 Å². The molecule has 6 nitrogen and oxygen atoms in total. The molecule has 2 heterocycles. The van der Waals surface area contributed by atoms with E-state index in [0.29, 0.717) is 11.4 Å². The lowest BCUT2D eigenvalue weighted by Crippen LogP contribution is -2.07. The Kier molecular flexibility index (Phi) is 3.47. The third kappa shape index (κ3) is 2.60. The van der Waals surface area contributed by atoms with Crippen LogP contribution in [0.3, 0.4) is 0 Å². The first-order valence-corrected chi connectivity index (χ1v) is 5.20. The second kappa shape index (κ2) is 5.22. The molecule has 94 valence electrons. The van der Waals surface area contributed by atoms with E-state index >= 15 is 0 Å². The van der Waals surface area contributed by atoms with E-state index in [2.05, 4.69) is 9.72 Å². The van der Waals surface area contributed by atoms with Gasteiger partial charge in [-0.3, -0.25) is 0 Å². The molecule has 0 saturated carbocycles. The van der Waals surface area contributed by atoms with Crippen molar-refractivity contribution in [2.45, 2.75) is 6.61 Å². The number of hydrogen-bond acceptors (Lipinski definition) is 6. The van der Waals surface area contributed by atoms with Gasteiger partial charge in [-0.25, -0.2) is 9.78 Å². The predicted octanol–water partition coefficient (Wildman–Crippen LogP) is 1.62. The number of rotatable bonds is 4. The maximum absolute atomic E-state index is 11.3. The van der Waals surface area contributed by atoms with Crippen LogP contribution in [0.5, 0.6) is 5.88 Å². The summed E-state index contributed by atoms with van der Waals surface area (Å²) in [6.45, 7) is 0.189. The highest BCUT2D eigenvalue weighted by Gasteiger charge is 2.11. The van der Waals surface area contributed by atoms with Gasteiger partial charge in [0.2, 0.25) is 5.88 Å². The summed E-state index contributed by atoms with van der Waals surface area (Å²) in [5.41, 5.74) is 6.18. The third-order valence-corrected chi connectivity index (χ3v) is 2.22. The number of aromatic nitrogens is 1. The fraction of sp³-hybridized carbons (Fsp3) is 0.167. The van der Waals surface area contributed by atoms with Crippen LogP contribution in [0.1, 0.15) is 16.2 Å². The lowest BCUT2D eigenvalue weighted by molar-refractivity contribution is 0.0592. The van der Waals surface area contributed by atoms with Crippen molar-refractivity contribution in [3.63, 3.8) is 0 Å². The zero-order valence-corrected chi connectivity index (χ0v) is 9.75. The highest BCUT2D eigenvalue weighted by molar-refractivity contribution is 5.87. The smallest absolute Gasteiger partial charge is 0.356 e. The fourth-order valence-electron chi connectivity index (χ4n) is 1.32. The number of nitrogens with zero attached hydrogens (tertiary/aromatic N) is 1. The molecule has 0 radical (unpaired) electrons. The number of carbonyl (C=O) groups is 1. The summed E-state index contributed by atoms with van der Waals surface area (Å²) in [5.74, 6) is 0.270. The van der Waals surface area contributed by atoms with Crippen molar-refractivity contribution < 1.29 is 18.7 Å². The van der Waals surface area contributed by atoms with Crippen molar-refractivity contribution >= 4 is 11.7 Å². The first-order chi connectivity index (χ1) is 8.70. The molecule has 0 aromatic carbocycles. The van der Waals surface area contributed by atoms with Crippen molar-refractivity contribution in [1.82, 2.24) is 4.98 Å². The van der Waals surface area contributed by atoms with Gasteiger partial charge in [-0.1, -0.05) is 0 Å². The van der Waals surface area contributed by atoms with Gasteiger partial charge in [0.15, 0.2) is 5.69 Å². The highest BCUT2D eigenvalue weighted by atomic mass is 16.5. The van der Waals surface area contributed by atoms with Gasteiger partial charge >= 0.3 is 5.97 Å². The molecule has 0 aliphatic carbocycles. The molecular formula is C12H12N2O4. The van der Waals surface area contributed by atoms with E-state index in [1.807, 2.05) is 0 Å². The summed E-state index contributed by atoms with van der Waals surface area (Å²) in [5, 5.41) is 0. The topological polar surface area (TPSA) is 87.6 Å². The van der Waals surface area contributed by atoms with Crippen LogP contribution < -0.4 is 10.5 Å². The van der Waals surface area contributed by atoms with Gasteiger partial charge in [-0.05, 0) is 24.3 Å². The number of furan rings is 1. The Bertz CT molecular complexity index is 537. The Balaban J connectivity index is 2.13. The van der Waals surface area contributed by atoms with E-state index in [9.17, 15) is 4.79 Å². The molecule has 0 atom stereocenters. The number of nitrogen functional groups attached to an aromatic ring is 1. The summed E-state index contributed by atoms with van der Waals surface area (Å²) >= 11 is 0. The second-order valence-electron chi connectivity index (χ2n) is 3.45. The lowest BCUT2D eigenvalue weighted by atomic mass is 10.3. The van der Waals surface area contributed by atoms with Crippen molar-refractivity contribution in [1.29, 1.82) is 0 Å². The average molecular weight is 248 g/mol. The molecule has 2 N–H and O–H groups in total. The summed E-state index contributed by atoms with van der Waals surface area (Å²) < 4.78 is 15.1. The minimum Gasteiger partial charge on any atom is -0.468 e. The van der Waals surface area contributed by atoms with Crippen LogP contribution in [0.15, 0.2) is 34.9 Å². The number of pyridine rings is 1. The molecule has 0 saturated heterocycles. The van der Waals surface area contributed by atoms with Crippen molar-refractivity contribution in [3.8, 4) is 5.88 Å². The monoisotopic (exact) mass is 248 g/mol. The molecule has 6 heteroatoms. The average Bonchev–Trinajstić information content (AvgIpc) is 2.90. The maximum atomic E-state index is 11.3. The number of ether oxygens (including phenoxy) is 2. The molecule has 0 amide bonds. The molecule has 0 aliphatic rings. The molecule has 2 aromatic rings. The summed E-state index contributed by atoms with van der Waals surface area (Å²) in [7, 11) is 1.28. The van der Waals surface area contributed by atoms with Gasteiger partial charge in [-0.15, -0.1) is 0 Å². The molecule has 0 bridgehead atoms. The van der Waals surface area contributed by atoms with Crippen molar-refractivity contribution in [2.24, 2.45) is 0 Å². The Morgan fingerprint density at radius 3 is 2.94 bits per heavy atom. The third-order valence-electron chi connectivity index (χ3n) is 2.22. The Morgan fingerprint density at radius 1 is 1.44 bits per heavy atom. The van der Waals surface area contributed by atoms with Gasteiger partial charge in [0.05, 0.1) is 19.1 Å². The summed E-state index contributed by atoms with van der Waals surface area (Å²) in [6.07, 6.45) is 1.54. The van der Waals surface area contributed by atoms with Gasteiger partial charge in [-0.2, -0.15) is 0 Å². The quantitative estimate of drug-likeness (QED) is 0.827.